The van der Waals surface area contributed by atoms with Crippen molar-refractivity contribution in [2.24, 2.45) is 9.98 Å². The summed E-state index contributed by atoms with van der Waals surface area (Å²) in [6, 6.07) is 53.5. The van der Waals surface area contributed by atoms with Crippen molar-refractivity contribution in [2.75, 3.05) is 16.0 Å². The molecule has 0 unspecified atom stereocenters. The molecule has 226 valence electrons. The second-order valence-electron chi connectivity index (χ2n) is 11.1. The molecule has 1 aliphatic carbocycles. The fraction of sp³-hybridized carbons (Fsp3) is 0. The molecule has 6 aromatic rings. The van der Waals surface area contributed by atoms with Crippen molar-refractivity contribution >= 4 is 56.9 Å². The summed E-state index contributed by atoms with van der Waals surface area (Å²) in [6.07, 6.45) is 7.95. The third-order valence-corrected chi connectivity index (χ3v) is 7.62. The van der Waals surface area contributed by atoms with Crippen LogP contribution in [0, 0.1) is 0 Å². The Hall–Kier alpha value is -6.46. The standard InChI is InChI=1S/C42H33N5/c1-3-7-31(8-4-1)32-11-13-34(14-12-32)44-36-19-21-38(22-20-36)46-40-27-29-42(30-28-40)47-41-25-23-39(24-26-41)45-37-17-15-35(16-18-37)43-33-9-5-2-6-10-33/h1-30,44,46-47H. The number of para-hydroxylation sites is 1. The van der Waals surface area contributed by atoms with Crippen LogP contribution in [0.25, 0.3) is 11.1 Å². The number of anilines is 6. The van der Waals surface area contributed by atoms with Crippen molar-refractivity contribution < 1.29 is 0 Å². The van der Waals surface area contributed by atoms with Gasteiger partial charge in [0.25, 0.3) is 0 Å². The molecule has 0 amide bonds. The van der Waals surface area contributed by atoms with E-state index >= 15 is 0 Å². The molecular formula is C42H33N5. The molecule has 0 spiro atoms. The van der Waals surface area contributed by atoms with Gasteiger partial charge in [0.1, 0.15) is 0 Å². The summed E-state index contributed by atoms with van der Waals surface area (Å²) in [5.41, 5.74) is 12.2. The first kappa shape index (κ1) is 29.3. The lowest BCUT2D eigenvalue weighted by atomic mass is 10.1. The largest absolute Gasteiger partial charge is 0.356 e. The Morgan fingerprint density at radius 1 is 0.277 bits per heavy atom. The van der Waals surface area contributed by atoms with Crippen molar-refractivity contribution in [1.29, 1.82) is 0 Å². The molecule has 7 rings (SSSR count). The van der Waals surface area contributed by atoms with Crippen LogP contribution in [-0.4, -0.2) is 11.4 Å². The Morgan fingerprint density at radius 2 is 0.574 bits per heavy atom. The van der Waals surface area contributed by atoms with Gasteiger partial charge in [-0.3, -0.25) is 0 Å². The first-order valence-electron chi connectivity index (χ1n) is 15.6. The topological polar surface area (TPSA) is 60.8 Å². The molecular weight excluding hydrogens is 574 g/mol. The van der Waals surface area contributed by atoms with E-state index in [-0.39, 0.29) is 0 Å². The molecule has 0 aromatic heterocycles. The maximum atomic E-state index is 4.75. The van der Waals surface area contributed by atoms with Crippen molar-refractivity contribution in [1.82, 2.24) is 0 Å². The molecule has 0 saturated carbocycles. The van der Waals surface area contributed by atoms with Crippen LogP contribution in [0.1, 0.15) is 0 Å². The van der Waals surface area contributed by atoms with Gasteiger partial charge in [0.05, 0.1) is 22.8 Å². The quantitative estimate of drug-likeness (QED) is 0.143. The number of rotatable bonds is 9. The number of hydrogen-bond donors (Lipinski definition) is 3. The van der Waals surface area contributed by atoms with Crippen molar-refractivity contribution in [3.63, 3.8) is 0 Å². The molecule has 0 radical (unpaired) electrons. The first-order valence-corrected chi connectivity index (χ1v) is 15.6. The fourth-order valence-electron chi connectivity index (χ4n) is 5.17. The van der Waals surface area contributed by atoms with Gasteiger partial charge in [-0.25, -0.2) is 9.98 Å². The number of nitrogens with one attached hydrogen (secondary N) is 3. The normalized spacial score (nSPS) is 12.0. The van der Waals surface area contributed by atoms with E-state index in [4.69, 9.17) is 4.99 Å². The lowest BCUT2D eigenvalue weighted by Crippen LogP contribution is -1.99. The minimum absolute atomic E-state index is 0.889. The third kappa shape index (κ3) is 7.98. The molecule has 3 N–H and O–H groups in total. The Morgan fingerprint density at radius 3 is 0.979 bits per heavy atom. The van der Waals surface area contributed by atoms with Crippen molar-refractivity contribution in [2.45, 2.75) is 0 Å². The zero-order valence-corrected chi connectivity index (χ0v) is 25.7. The van der Waals surface area contributed by atoms with Gasteiger partial charge in [0, 0.05) is 34.1 Å². The van der Waals surface area contributed by atoms with E-state index in [2.05, 4.69) is 118 Å². The van der Waals surface area contributed by atoms with Gasteiger partial charge in [0.2, 0.25) is 0 Å². The minimum Gasteiger partial charge on any atom is -0.356 e. The van der Waals surface area contributed by atoms with Crippen LogP contribution < -0.4 is 16.0 Å². The van der Waals surface area contributed by atoms with E-state index in [9.17, 15) is 0 Å². The zero-order valence-electron chi connectivity index (χ0n) is 25.7. The number of benzene rings is 6. The SMILES string of the molecule is C1=CC(=Nc2ccc(Nc3ccc(Nc4ccc(Nc5ccc(-c6ccccc6)cc5)cc4)cc3)cc2)C=CC1=Nc1ccccc1. The highest BCUT2D eigenvalue weighted by Crippen LogP contribution is 2.27. The van der Waals surface area contributed by atoms with Crippen LogP contribution in [0.4, 0.5) is 45.5 Å². The second-order valence-corrected chi connectivity index (χ2v) is 11.1. The highest BCUT2D eigenvalue weighted by molar-refractivity contribution is 6.19. The summed E-state index contributed by atoms with van der Waals surface area (Å²) in [6.45, 7) is 0. The predicted molar refractivity (Wildman–Crippen MR) is 200 cm³/mol. The van der Waals surface area contributed by atoms with Gasteiger partial charge >= 0.3 is 0 Å². The molecule has 0 bridgehead atoms. The molecule has 5 nitrogen and oxygen atoms in total. The van der Waals surface area contributed by atoms with Crippen LogP contribution in [0.5, 0.6) is 0 Å². The second kappa shape index (κ2) is 14.1. The van der Waals surface area contributed by atoms with E-state index in [0.717, 1.165) is 56.9 Å². The molecule has 47 heavy (non-hydrogen) atoms. The average molecular weight is 608 g/mol. The average Bonchev–Trinajstić information content (AvgIpc) is 3.13. The molecule has 5 heteroatoms. The predicted octanol–water partition coefficient (Wildman–Crippen LogP) is 11.6. The maximum Gasteiger partial charge on any atom is 0.0638 e. The van der Waals surface area contributed by atoms with E-state index in [1.807, 2.05) is 85.0 Å². The van der Waals surface area contributed by atoms with Crippen LogP contribution in [0.2, 0.25) is 0 Å². The number of allylic oxidation sites excluding steroid dienone is 4. The summed E-state index contributed by atoms with van der Waals surface area (Å²) in [5, 5.41) is 10.4. The number of nitrogens with zero attached hydrogens (tertiary/aromatic N) is 2. The molecule has 0 aliphatic heterocycles. The summed E-state index contributed by atoms with van der Waals surface area (Å²) < 4.78 is 0. The molecule has 0 heterocycles. The van der Waals surface area contributed by atoms with Gasteiger partial charge in [0.15, 0.2) is 0 Å². The molecule has 0 atom stereocenters. The Labute approximate surface area is 275 Å². The highest BCUT2D eigenvalue weighted by atomic mass is 14.9. The summed E-state index contributed by atoms with van der Waals surface area (Å²) >= 11 is 0. The lowest BCUT2D eigenvalue weighted by Gasteiger charge is -2.11. The lowest BCUT2D eigenvalue weighted by molar-refractivity contribution is 1.48. The Balaban J connectivity index is 0.902. The fourth-order valence-corrected chi connectivity index (χ4v) is 5.17. The summed E-state index contributed by atoms with van der Waals surface area (Å²) in [5.74, 6) is 0. The summed E-state index contributed by atoms with van der Waals surface area (Å²) in [4.78, 5) is 9.38. The van der Waals surface area contributed by atoms with E-state index in [1.165, 1.54) is 11.1 Å². The van der Waals surface area contributed by atoms with Crippen LogP contribution in [0.3, 0.4) is 0 Å². The van der Waals surface area contributed by atoms with Gasteiger partial charge < -0.3 is 16.0 Å². The van der Waals surface area contributed by atoms with Crippen LogP contribution >= 0.6 is 0 Å². The van der Waals surface area contributed by atoms with Gasteiger partial charge in [-0.15, -0.1) is 0 Å². The van der Waals surface area contributed by atoms with Gasteiger partial charge in [-0.2, -0.15) is 0 Å². The zero-order chi connectivity index (χ0) is 31.7. The van der Waals surface area contributed by atoms with Gasteiger partial charge in [-0.05, 0) is 132 Å². The van der Waals surface area contributed by atoms with Crippen LogP contribution in [-0.2, 0) is 0 Å². The summed E-state index contributed by atoms with van der Waals surface area (Å²) in [7, 11) is 0. The monoisotopic (exact) mass is 607 g/mol. The van der Waals surface area contributed by atoms with E-state index in [1.54, 1.807) is 0 Å². The van der Waals surface area contributed by atoms with E-state index < -0.39 is 0 Å². The minimum atomic E-state index is 0.889. The van der Waals surface area contributed by atoms with Crippen molar-refractivity contribution in [3.05, 3.63) is 182 Å². The highest BCUT2D eigenvalue weighted by Gasteiger charge is 2.03. The number of aliphatic imine (C=N–C) groups is 2. The number of hydrogen-bond acceptors (Lipinski definition) is 5. The third-order valence-electron chi connectivity index (χ3n) is 7.62. The van der Waals surface area contributed by atoms with Crippen LogP contribution in [0.15, 0.2) is 192 Å². The molecule has 0 saturated heterocycles. The Bertz CT molecular complexity index is 2020. The van der Waals surface area contributed by atoms with E-state index in [0.29, 0.717) is 0 Å². The maximum absolute atomic E-state index is 4.75. The molecule has 0 fully saturated rings. The molecule has 1 aliphatic rings. The molecule has 6 aromatic carbocycles. The smallest absolute Gasteiger partial charge is 0.0638 e. The van der Waals surface area contributed by atoms with Crippen molar-refractivity contribution in [3.8, 4) is 11.1 Å². The first-order chi connectivity index (χ1) is 23.2. The Kier molecular flexibility index (Phi) is 8.78. The van der Waals surface area contributed by atoms with Gasteiger partial charge in [-0.1, -0.05) is 60.7 Å².